The normalized spacial score (nSPS) is 11.5. The van der Waals surface area contributed by atoms with Crippen molar-refractivity contribution in [1.29, 1.82) is 0 Å². The fraction of sp³-hybridized carbons (Fsp3) is 0.263. The Morgan fingerprint density at radius 3 is 2.40 bits per heavy atom. The Hall–Kier alpha value is -2.60. The molecule has 0 bridgehead atoms. The number of hydrogen-bond donors (Lipinski definition) is 0. The molecule has 0 atom stereocenters. The summed E-state index contributed by atoms with van der Waals surface area (Å²) in [4.78, 5) is 24.9. The van der Waals surface area contributed by atoms with Crippen LogP contribution >= 0.6 is 11.3 Å². The summed E-state index contributed by atoms with van der Waals surface area (Å²) in [5, 5.41) is 0. The Labute approximate surface area is 149 Å². The molecule has 0 saturated carbocycles. The van der Waals surface area contributed by atoms with Gasteiger partial charge in [-0.3, -0.25) is 4.57 Å². The number of carbonyl (C=O) groups is 2. The van der Waals surface area contributed by atoms with Crippen molar-refractivity contribution in [3.63, 3.8) is 0 Å². The number of carbonyl (C=O) groups excluding carboxylic acids is 2. The van der Waals surface area contributed by atoms with Crippen LogP contribution in [0, 0.1) is 0 Å². The van der Waals surface area contributed by atoms with E-state index in [-0.39, 0.29) is 0 Å². The smallest absolute Gasteiger partial charge is 0.419 e. The molecule has 1 aromatic carbocycles. The second kappa shape index (κ2) is 6.37. The predicted molar refractivity (Wildman–Crippen MR) is 98.2 cm³/mol. The summed E-state index contributed by atoms with van der Waals surface area (Å²) < 4.78 is 12.6. The highest BCUT2D eigenvalue weighted by molar-refractivity contribution is 7.21. The molecule has 3 aromatic rings. The number of aromatic nitrogens is 1. The zero-order valence-corrected chi connectivity index (χ0v) is 15.3. The molecule has 0 N–H and O–H groups in total. The molecule has 0 amide bonds. The van der Waals surface area contributed by atoms with Crippen LogP contribution in [0.15, 0.2) is 42.6 Å². The molecular weight excluding hydrogens is 338 g/mol. The highest BCUT2D eigenvalue weighted by Gasteiger charge is 2.24. The van der Waals surface area contributed by atoms with Crippen LogP contribution in [0.4, 0.5) is 4.79 Å². The summed E-state index contributed by atoms with van der Waals surface area (Å²) in [6, 6.07) is 11.4. The molecule has 0 aliphatic carbocycles. The molecular formula is C19H19NO4S. The zero-order valence-electron chi connectivity index (χ0n) is 14.5. The van der Waals surface area contributed by atoms with Crippen molar-refractivity contribution in [2.45, 2.75) is 26.4 Å². The maximum atomic E-state index is 12.6. The Kier molecular flexibility index (Phi) is 4.39. The first-order chi connectivity index (χ1) is 11.8. The van der Waals surface area contributed by atoms with Gasteiger partial charge in [0.2, 0.25) is 0 Å². The monoisotopic (exact) mass is 357 g/mol. The lowest BCUT2D eigenvalue weighted by molar-refractivity contribution is 0.0542. The number of hydrogen-bond acceptors (Lipinski definition) is 5. The number of ether oxygens (including phenoxy) is 2. The van der Waals surface area contributed by atoms with Crippen LogP contribution in [0.2, 0.25) is 0 Å². The maximum absolute atomic E-state index is 12.6. The number of nitrogens with zero attached hydrogens (tertiary/aromatic N) is 1. The van der Waals surface area contributed by atoms with Gasteiger partial charge in [-0.05, 0) is 32.4 Å². The number of fused-ring (bicyclic) bond motifs is 1. The van der Waals surface area contributed by atoms with Crippen LogP contribution in [0.5, 0.6) is 0 Å². The molecule has 0 aliphatic heterocycles. The highest BCUT2D eigenvalue weighted by Crippen LogP contribution is 2.37. The van der Waals surface area contributed by atoms with Gasteiger partial charge in [-0.25, -0.2) is 9.59 Å². The van der Waals surface area contributed by atoms with Crippen molar-refractivity contribution in [2.24, 2.45) is 0 Å². The van der Waals surface area contributed by atoms with Crippen LogP contribution in [0.1, 0.15) is 30.4 Å². The Balaban J connectivity index is 2.18. The van der Waals surface area contributed by atoms with Crippen molar-refractivity contribution < 1.29 is 19.1 Å². The molecule has 0 aliphatic rings. The van der Waals surface area contributed by atoms with Crippen molar-refractivity contribution in [1.82, 2.24) is 4.57 Å². The fourth-order valence-electron chi connectivity index (χ4n) is 2.50. The second-order valence-corrected chi connectivity index (χ2v) is 7.63. The van der Waals surface area contributed by atoms with Crippen LogP contribution in [-0.2, 0) is 9.47 Å². The first kappa shape index (κ1) is 17.2. The van der Waals surface area contributed by atoms with Gasteiger partial charge in [-0.2, -0.15) is 0 Å². The van der Waals surface area contributed by atoms with E-state index in [2.05, 4.69) is 0 Å². The molecule has 2 heterocycles. The van der Waals surface area contributed by atoms with E-state index >= 15 is 0 Å². The maximum Gasteiger partial charge on any atom is 0.419 e. The second-order valence-electron chi connectivity index (χ2n) is 6.58. The molecule has 5 nitrogen and oxygen atoms in total. The standard InChI is InChI=1S/C19H19NO4S/c1-19(2,3)24-18(22)20-11-13(12-8-6-5-7-9-12)16-14(20)10-15(25-16)17(21)23-4/h5-11H,1-4H3. The molecule has 0 saturated heterocycles. The van der Waals surface area contributed by atoms with E-state index in [1.54, 1.807) is 12.3 Å². The van der Waals surface area contributed by atoms with Crippen LogP contribution in [0.3, 0.4) is 0 Å². The number of esters is 1. The van der Waals surface area contributed by atoms with Gasteiger partial charge < -0.3 is 9.47 Å². The summed E-state index contributed by atoms with van der Waals surface area (Å²) in [5.74, 6) is -0.420. The third kappa shape index (κ3) is 3.44. The van der Waals surface area contributed by atoms with E-state index in [0.29, 0.717) is 10.4 Å². The van der Waals surface area contributed by atoms with Gasteiger partial charge in [-0.1, -0.05) is 30.3 Å². The van der Waals surface area contributed by atoms with Crippen LogP contribution in [-0.4, -0.2) is 29.3 Å². The summed E-state index contributed by atoms with van der Waals surface area (Å²) >= 11 is 1.30. The molecule has 6 heteroatoms. The third-order valence-corrected chi connectivity index (χ3v) is 4.67. The van der Waals surface area contributed by atoms with Gasteiger partial charge in [-0.15, -0.1) is 11.3 Å². The van der Waals surface area contributed by atoms with Crippen LogP contribution in [0.25, 0.3) is 21.3 Å². The number of thiophene rings is 1. The number of methoxy groups -OCH3 is 1. The zero-order chi connectivity index (χ0) is 18.2. The minimum atomic E-state index is -0.609. The minimum Gasteiger partial charge on any atom is -0.465 e. The van der Waals surface area contributed by atoms with E-state index < -0.39 is 17.7 Å². The van der Waals surface area contributed by atoms with Gasteiger partial charge in [0, 0.05) is 11.8 Å². The van der Waals surface area contributed by atoms with E-state index in [1.807, 2.05) is 51.1 Å². The lowest BCUT2D eigenvalue weighted by Crippen LogP contribution is -2.26. The molecule has 3 rings (SSSR count). The third-order valence-electron chi connectivity index (χ3n) is 3.54. The minimum absolute atomic E-state index is 0.420. The van der Waals surface area contributed by atoms with Crippen molar-refractivity contribution in [3.8, 4) is 11.1 Å². The molecule has 2 aromatic heterocycles. The largest absolute Gasteiger partial charge is 0.465 e. The van der Waals surface area contributed by atoms with Crippen molar-refractivity contribution in [3.05, 3.63) is 47.5 Å². The highest BCUT2D eigenvalue weighted by atomic mass is 32.1. The van der Waals surface area contributed by atoms with E-state index in [0.717, 1.165) is 15.8 Å². The van der Waals surface area contributed by atoms with Gasteiger partial charge >= 0.3 is 12.1 Å². The first-order valence-corrected chi connectivity index (χ1v) is 8.64. The molecule has 0 unspecified atom stereocenters. The predicted octanol–water partition coefficient (Wildman–Crippen LogP) is 4.94. The number of rotatable bonds is 2. The topological polar surface area (TPSA) is 57.5 Å². The first-order valence-electron chi connectivity index (χ1n) is 7.82. The summed E-state index contributed by atoms with van der Waals surface area (Å²) in [6.07, 6.45) is 1.28. The van der Waals surface area contributed by atoms with Gasteiger partial charge in [0.25, 0.3) is 0 Å². The fourth-order valence-corrected chi connectivity index (χ4v) is 3.60. The molecule has 0 fully saturated rings. The average molecular weight is 357 g/mol. The summed E-state index contributed by atoms with van der Waals surface area (Å²) in [5.41, 5.74) is 1.87. The van der Waals surface area contributed by atoms with Crippen LogP contribution < -0.4 is 0 Å². The lowest BCUT2D eigenvalue weighted by Gasteiger charge is -2.19. The van der Waals surface area contributed by atoms with Gasteiger partial charge in [0.15, 0.2) is 0 Å². The average Bonchev–Trinajstić information content (AvgIpc) is 3.12. The summed E-state index contributed by atoms with van der Waals surface area (Å²) in [7, 11) is 1.34. The molecule has 0 spiro atoms. The Bertz CT molecular complexity index is 932. The van der Waals surface area contributed by atoms with Crippen molar-refractivity contribution in [2.75, 3.05) is 7.11 Å². The SMILES string of the molecule is COC(=O)c1cc2c(s1)c(-c1ccccc1)cn2C(=O)OC(C)(C)C. The van der Waals surface area contributed by atoms with E-state index in [4.69, 9.17) is 9.47 Å². The Morgan fingerprint density at radius 1 is 1.12 bits per heavy atom. The quantitative estimate of drug-likeness (QED) is 0.610. The molecule has 0 radical (unpaired) electrons. The molecule has 130 valence electrons. The van der Waals surface area contributed by atoms with Crippen molar-refractivity contribution >= 4 is 33.6 Å². The van der Waals surface area contributed by atoms with Gasteiger partial charge in [0.1, 0.15) is 10.5 Å². The Morgan fingerprint density at radius 2 is 1.80 bits per heavy atom. The van der Waals surface area contributed by atoms with E-state index in [1.165, 1.54) is 23.0 Å². The van der Waals surface area contributed by atoms with Gasteiger partial charge in [0.05, 0.1) is 17.3 Å². The summed E-state index contributed by atoms with van der Waals surface area (Å²) in [6.45, 7) is 5.45. The number of benzene rings is 1. The molecule has 25 heavy (non-hydrogen) atoms. The van der Waals surface area contributed by atoms with E-state index in [9.17, 15) is 9.59 Å². The lowest BCUT2D eigenvalue weighted by atomic mass is 10.1.